The van der Waals surface area contributed by atoms with E-state index >= 15 is 0 Å². The number of Topliss-reactive ketones (excluding diaryl/α,β-unsaturated/α-hetero) is 1. The second-order valence-corrected chi connectivity index (χ2v) is 5.38. The van der Waals surface area contributed by atoms with Crippen LogP contribution < -0.4 is 10.9 Å². The monoisotopic (exact) mass is 335 g/mol. The molecule has 3 heterocycles. The van der Waals surface area contributed by atoms with Crippen molar-refractivity contribution >= 4 is 17.2 Å². The Balaban J connectivity index is 2.28. The number of hydrogen-bond donors (Lipinski definition) is 1. The van der Waals surface area contributed by atoms with Crippen molar-refractivity contribution in [1.82, 2.24) is 19.7 Å². The molecule has 0 aromatic carbocycles. The van der Waals surface area contributed by atoms with Gasteiger partial charge in [-0.15, -0.1) is 0 Å². The SMILES string of the molecule is CCn1nc(-c2ccncc2)c(C(C)=O)c(Nc2cccnc2)c1=O. The highest BCUT2D eigenvalue weighted by molar-refractivity contribution is 6.05. The summed E-state index contributed by atoms with van der Waals surface area (Å²) in [5, 5.41) is 7.42. The molecule has 7 nitrogen and oxygen atoms in total. The summed E-state index contributed by atoms with van der Waals surface area (Å²) in [7, 11) is 0. The smallest absolute Gasteiger partial charge is 0.291 e. The van der Waals surface area contributed by atoms with Crippen molar-refractivity contribution in [3.8, 4) is 11.3 Å². The molecule has 3 rings (SSSR count). The molecule has 0 atom stereocenters. The van der Waals surface area contributed by atoms with E-state index in [-0.39, 0.29) is 22.6 Å². The molecule has 0 unspecified atom stereocenters. The largest absolute Gasteiger partial charge is 0.349 e. The Kier molecular flexibility index (Phi) is 4.65. The van der Waals surface area contributed by atoms with E-state index in [0.29, 0.717) is 17.9 Å². The van der Waals surface area contributed by atoms with Gasteiger partial charge in [0.1, 0.15) is 11.4 Å². The van der Waals surface area contributed by atoms with Crippen LogP contribution in [-0.4, -0.2) is 25.5 Å². The van der Waals surface area contributed by atoms with Crippen LogP contribution in [0.2, 0.25) is 0 Å². The summed E-state index contributed by atoms with van der Waals surface area (Å²) in [6, 6.07) is 7.04. The normalized spacial score (nSPS) is 10.5. The average Bonchev–Trinajstić information content (AvgIpc) is 2.64. The first-order chi connectivity index (χ1) is 12.1. The van der Waals surface area contributed by atoms with Crippen LogP contribution in [0.1, 0.15) is 24.2 Å². The van der Waals surface area contributed by atoms with Crippen molar-refractivity contribution in [2.24, 2.45) is 0 Å². The second kappa shape index (κ2) is 7.04. The van der Waals surface area contributed by atoms with Crippen LogP contribution in [0, 0.1) is 0 Å². The minimum atomic E-state index is -0.352. The molecule has 0 spiro atoms. The third kappa shape index (κ3) is 3.30. The Morgan fingerprint density at radius 1 is 1.16 bits per heavy atom. The van der Waals surface area contributed by atoms with Gasteiger partial charge in [-0.25, -0.2) is 4.68 Å². The highest BCUT2D eigenvalue weighted by Gasteiger charge is 2.21. The Labute approximate surface area is 144 Å². The fourth-order valence-electron chi connectivity index (χ4n) is 2.54. The molecule has 0 saturated heterocycles. The van der Waals surface area contributed by atoms with Gasteiger partial charge in [0.05, 0.1) is 17.4 Å². The zero-order valence-electron chi connectivity index (χ0n) is 13.9. The van der Waals surface area contributed by atoms with Gasteiger partial charge in [0.15, 0.2) is 5.78 Å². The van der Waals surface area contributed by atoms with Crippen LogP contribution in [0.25, 0.3) is 11.3 Å². The quantitative estimate of drug-likeness (QED) is 0.721. The molecule has 0 fully saturated rings. The van der Waals surface area contributed by atoms with Crippen LogP contribution in [-0.2, 0) is 6.54 Å². The lowest BCUT2D eigenvalue weighted by atomic mass is 10.0. The third-order valence-corrected chi connectivity index (χ3v) is 3.69. The molecular formula is C18H17N5O2. The molecule has 3 aromatic heterocycles. The molecule has 0 saturated carbocycles. The topological polar surface area (TPSA) is 89.8 Å². The maximum atomic E-state index is 12.8. The number of nitrogens with zero attached hydrogens (tertiary/aromatic N) is 4. The second-order valence-electron chi connectivity index (χ2n) is 5.38. The number of ketones is 1. The van der Waals surface area contributed by atoms with Gasteiger partial charge in [-0.2, -0.15) is 5.10 Å². The predicted octanol–water partition coefficient (Wildman–Crippen LogP) is 2.67. The Bertz CT molecular complexity index is 952. The number of anilines is 2. The van der Waals surface area contributed by atoms with Gasteiger partial charge in [0.25, 0.3) is 5.56 Å². The van der Waals surface area contributed by atoms with E-state index in [1.165, 1.54) is 11.6 Å². The number of pyridine rings is 2. The molecule has 1 N–H and O–H groups in total. The first-order valence-corrected chi connectivity index (χ1v) is 7.85. The van der Waals surface area contributed by atoms with Crippen LogP contribution in [0.15, 0.2) is 53.8 Å². The molecule has 7 heteroatoms. The van der Waals surface area contributed by atoms with Gasteiger partial charge in [-0.05, 0) is 38.1 Å². The lowest BCUT2D eigenvalue weighted by molar-refractivity contribution is 0.101. The van der Waals surface area contributed by atoms with Crippen LogP contribution in [0.4, 0.5) is 11.4 Å². The molecule has 0 aliphatic rings. The number of nitrogens with one attached hydrogen (secondary N) is 1. The highest BCUT2D eigenvalue weighted by atomic mass is 16.1. The lowest BCUT2D eigenvalue weighted by Gasteiger charge is -2.15. The van der Waals surface area contributed by atoms with Crippen LogP contribution in [0.3, 0.4) is 0 Å². The first-order valence-electron chi connectivity index (χ1n) is 7.85. The number of carbonyl (C=O) groups excluding carboxylic acids is 1. The minimum Gasteiger partial charge on any atom is -0.349 e. The summed E-state index contributed by atoms with van der Waals surface area (Å²) in [5.41, 5.74) is 1.89. The van der Waals surface area contributed by atoms with E-state index in [4.69, 9.17) is 0 Å². The lowest BCUT2D eigenvalue weighted by Crippen LogP contribution is -2.28. The first kappa shape index (κ1) is 16.5. The molecule has 25 heavy (non-hydrogen) atoms. The zero-order valence-corrected chi connectivity index (χ0v) is 13.9. The third-order valence-electron chi connectivity index (χ3n) is 3.69. The summed E-state index contributed by atoms with van der Waals surface area (Å²) in [6.45, 7) is 3.63. The van der Waals surface area contributed by atoms with Crippen molar-refractivity contribution < 1.29 is 4.79 Å². The van der Waals surface area contributed by atoms with Gasteiger partial charge < -0.3 is 5.32 Å². The van der Waals surface area contributed by atoms with E-state index in [1.54, 1.807) is 49.1 Å². The van der Waals surface area contributed by atoms with Gasteiger partial charge in [0.2, 0.25) is 0 Å². The van der Waals surface area contributed by atoms with Crippen LogP contribution >= 0.6 is 0 Å². The standard InChI is InChI=1S/C18H17N5O2/c1-3-23-18(25)17(21-14-5-4-8-20-11-14)15(12(2)24)16(22-23)13-6-9-19-10-7-13/h4-11,21H,3H2,1-2H3. The van der Waals surface area contributed by atoms with E-state index < -0.39 is 0 Å². The van der Waals surface area contributed by atoms with E-state index in [1.807, 2.05) is 6.92 Å². The van der Waals surface area contributed by atoms with Crippen molar-refractivity contribution in [3.05, 3.63) is 65.0 Å². The molecule has 0 aliphatic carbocycles. The van der Waals surface area contributed by atoms with E-state index in [9.17, 15) is 9.59 Å². The van der Waals surface area contributed by atoms with Crippen molar-refractivity contribution in [2.75, 3.05) is 5.32 Å². The zero-order chi connectivity index (χ0) is 17.8. The van der Waals surface area contributed by atoms with Crippen molar-refractivity contribution in [3.63, 3.8) is 0 Å². The molecule has 3 aromatic rings. The number of hydrogen-bond acceptors (Lipinski definition) is 6. The fourth-order valence-corrected chi connectivity index (χ4v) is 2.54. The summed E-state index contributed by atoms with van der Waals surface area (Å²) in [4.78, 5) is 33.1. The summed E-state index contributed by atoms with van der Waals surface area (Å²) in [5.74, 6) is -0.244. The molecular weight excluding hydrogens is 318 g/mol. The van der Waals surface area contributed by atoms with Crippen LogP contribution in [0.5, 0.6) is 0 Å². The van der Waals surface area contributed by atoms with Gasteiger partial charge in [-0.1, -0.05) is 0 Å². The predicted molar refractivity (Wildman–Crippen MR) is 94.9 cm³/mol. The molecule has 0 radical (unpaired) electrons. The van der Waals surface area contributed by atoms with E-state index in [2.05, 4.69) is 20.4 Å². The minimum absolute atomic E-state index is 0.198. The maximum Gasteiger partial charge on any atom is 0.291 e. The summed E-state index contributed by atoms with van der Waals surface area (Å²) >= 11 is 0. The van der Waals surface area contributed by atoms with E-state index in [0.717, 1.165) is 5.56 Å². The fraction of sp³-hybridized carbons (Fsp3) is 0.167. The number of aryl methyl sites for hydroxylation is 1. The Morgan fingerprint density at radius 3 is 2.52 bits per heavy atom. The Morgan fingerprint density at radius 2 is 1.92 bits per heavy atom. The molecule has 126 valence electrons. The highest BCUT2D eigenvalue weighted by Crippen LogP contribution is 2.27. The van der Waals surface area contributed by atoms with Crippen molar-refractivity contribution in [1.29, 1.82) is 0 Å². The maximum absolute atomic E-state index is 12.8. The summed E-state index contributed by atoms with van der Waals surface area (Å²) < 4.78 is 1.33. The van der Waals surface area contributed by atoms with Gasteiger partial charge in [-0.3, -0.25) is 19.6 Å². The number of carbonyl (C=O) groups is 1. The van der Waals surface area contributed by atoms with Gasteiger partial charge >= 0.3 is 0 Å². The molecule has 0 bridgehead atoms. The Hall–Kier alpha value is -3.35. The van der Waals surface area contributed by atoms with Gasteiger partial charge in [0, 0.05) is 30.7 Å². The molecule has 0 aliphatic heterocycles. The average molecular weight is 335 g/mol. The van der Waals surface area contributed by atoms with Crippen molar-refractivity contribution in [2.45, 2.75) is 20.4 Å². The number of aromatic nitrogens is 4. The number of rotatable bonds is 5. The summed E-state index contributed by atoms with van der Waals surface area (Å²) in [6.07, 6.45) is 6.47. The molecule has 0 amide bonds.